The summed E-state index contributed by atoms with van der Waals surface area (Å²) in [5.41, 5.74) is -0.145. The van der Waals surface area contributed by atoms with Gasteiger partial charge in [-0.25, -0.2) is 4.79 Å². The molecule has 0 saturated heterocycles. The summed E-state index contributed by atoms with van der Waals surface area (Å²) in [6, 6.07) is 0. The van der Waals surface area contributed by atoms with Crippen LogP contribution in [0.25, 0.3) is 0 Å². The maximum absolute atomic E-state index is 11.4. The van der Waals surface area contributed by atoms with Crippen molar-refractivity contribution in [3.8, 4) is 0 Å². The van der Waals surface area contributed by atoms with Crippen molar-refractivity contribution >= 4 is 11.9 Å². The van der Waals surface area contributed by atoms with Gasteiger partial charge in [0, 0.05) is 5.57 Å². The standard InChI is InChI=1S/C12H20O5/c1-8(13)6-4-5-7-10(12(16)17-3)9(2)11(14)15/h8,10,13H,2,4-7H2,1,3H3,(H,14,15)/t8-,10-/m0/s1. The van der Waals surface area contributed by atoms with Crippen LogP contribution in [0.15, 0.2) is 12.2 Å². The Balaban J connectivity index is 4.26. The van der Waals surface area contributed by atoms with Gasteiger partial charge in [-0.15, -0.1) is 0 Å². The molecule has 2 N–H and O–H groups in total. The fourth-order valence-electron chi connectivity index (χ4n) is 1.51. The van der Waals surface area contributed by atoms with Crippen molar-refractivity contribution in [2.24, 2.45) is 5.92 Å². The molecule has 0 rings (SSSR count). The SMILES string of the molecule is C=C(C(=O)O)[C@H](CCCC[C@H](C)O)C(=O)OC. The molecule has 0 aromatic carbocycles. The average molecular weight is 244 g/mol. The summed E-state index contributed by atoms with van der Waals surface area (Å²) in [7, 11) is 1.22. The Labute approximate surface area is 101 Å². The molecule has 0 fully saturated rings. The van der Waals surface area contributed by atoms with Crippen LogP contribution in [0.3, 0.4) is 0 Å². The third-order valence-electron chi connectivity index (χ3n) is 2.55. The molecule has 0 radical (unpaired) electrons. The van der Waals surface area contributed by atoms with Gasteiger partial charge in [-0.3, -0.25) is 4.79 Å². The molecule has 0 heterocycles. The van der Waals surface area contributed by atoms with E-state index in [1.807, 2.05) is 0 Å². The van der Waals surface area contributed by atoms with E-state index in [2.05, 4.69) is 11.3 Å². The zero-order valence-electron chi connectivity index (χ0n) is 10.3. The maximum atomic E-state index is 11.4. The quantitative estimate of drug-likeness (QED) is 0.382. The van der Waals surface area contributed by atoms with E-state index in [0.29, 0.717) is 19.3 Å². The van der Waals surface area contributed by atoms with Gasteiger partial charge in [-0.2, -0.15) is 0 Å². The van der Waals surface area contributed by atoms with Gasteiger partial charge in [-0.05, 0) is 19.8 Å². The van der Waals surface area contributed by atoms with Gasteiger partial charge in [0.05, 0.1) is 19.1 Å². The second kappa shape index (κ2) is 7.84. The Morgan fingerprint density at radius 2 is 1.82 bits per heavy atom. The molecule has 0 saturated carbocycles. The lowest BCUT2D eigenvalue weighted by Crippen LogP contribution is -2.22. The number of aliphatic carboxylic acids is 1. The largest absolute Gasteiger partial charge is 0.478 e. The number of esters is 1. The Morgan fingerprint density at radius 1 is 1.29 bits per heavy atom. The summed E-state index contributed by atoms with van der Waals surface area (Å²) >= 11 is 0. The molecule has 17 heavy (non-hydrogen) atoms. The molecular formula is C12H20O5. The molecule has 0 bridgehead atoms. The first kappa shape index (κ1) is 15.6. The van der Waals surface area contributed by atoms with Crippen molar-refractivity contribution in [1.29, 1.82) is 0 Å². The van der Waals surface area contributed by atoms with Crippen molar-refractivity contribution in [3.05, 3.63) is 12.2 Å². The van der Waals surface area contributed by atoms with E-state index in [4.69, 9.17) is 10.2 Å². The van der Waals surface area contributed by atoms with Crippen molar-refractivity contribution in [1.82, 2.24) is 0 Å². The number of carbonyl (C=O) groups excluding carboxylic acids is 1. The third-order valence-corrected chi connectivity index (χ3v) is 2.55. The molecule has 0 aliphatic rings. The van der Waals surface area contributed by atoms with Gasteiger partial charge in [0.15, 0.2) is 0 Å². The fourth-order valence-corrected chi connectivity index (χ4v) is 1.51. The zero-order chi connectivity index (χ0) is 13.4. The van der Waals surface area contributed by atoms with Gasteiger partial charge in [0.25, 0.3) is 0 Å². The molecule has 0 unspecified atom stereocenters. The first-order chi connectivity index (χ1) is 7.90. The van der Waals surface area contributed by atoms with Crippen LogP contribution >= 0.6 is 0 Å². The molecule has 2 atom stereocenters. The Kier molecular flexibility index (Phi) is 7.21. The second-order valence-electron chi connectivity index (χ2n) is 4.04. The number of carboxylic acids is 1. The maximum Gasteiger partial charge on any atom is 0.331 e. The highest BCUT2D eigenvalue weighted by Gasteiger charge is 2.26. The lowest BCUT2D eigenvalue weighted by molar-refractivity contribution is -0.146. The summed E-state index contributed by atoms with van der Waals surface area (Å²) in [5.74, 6) is -2.56. The number of carbonyl (C=O) groups is 2. The van der Waals surface area contributed by atoms with Gasteiger partial charge in [-0.1, -0.05) is 19.4 Å². The smallest absolute Gasteiger partial charge is 0.331 e. The summed E-state index contributed by atoms with van der Waals surface area (Å²) in [5, 5.41) is 17.9. The number of aliphatic hydroxyl groups excluding tert-OH is 1. The normalized spacial score (nSPS) is 13.8. The van der Waals surface area contributed by atoms with E-state index in [1.165, 1.54) is 7.11 Å². The number of carboxylic acid groups (broad SMARTS) is 1. The van der Waals surface area contributed by atoms with Crippen LogP contribution in [0, 0.1) is 5.92 Å². The van der Waals surface area contributed by atoms with Crippen molar-refractivity contribution in [3.63, 3.8) is 0 Å². The molecule has 0 amide bonds. The van der Waals surface area contributed by atoms with Crippen molar-refractivity contribution in [2.45, 2.75) is 38.7 Å². The lowest BCUT2D eigenvalue weighted by atomic mass is 9.93. The topological polar surface area (TPSA) is 83.8 Å². The molecule has 5 heteroatoms. The van der Waals surface area contributed by atoms with Crippen LogP contribution in [0.1, 0.15) is 32.6 Å². The van der Waals surface area contributed by atoms with E-state index in [1.54, 1.807) is 6.92 Å². The molecule has 0 aromatic rings. The highest BCUT2D eigenvalue weighted by Crippen LogP contribution is 2.19. The number of methoxy groups -OCH3 is 1. The number of aliphatic hydroxyl groups is 1. The monoisotopic (exact) mass is 244 g/mol. The number of unbranched alkanes of at least 4 members (excludes halogenated alkanes) is 1. The van der Waals surface area contributed by atoms with Gasteiger partial charge in [0.1, 0.15) is 0 Å². The highest BCUT2D eigenvalue weighted by atomic mass is 16.5. The second-order valence-corrected chi connectivity index (χ2v) is 4.04. The van der Waals surface area contributed by atoms with E-state index in [0.717, 1.165) is 6.42 Å². The van der Waals surface area contributed by atoms with Gasteiger partial charge >= 0.3 is 11.9 Å². The van der Waals surface area contributed by atoms with Crippen LogP contribution in [-0.4, -0.2) is 35.4 Å². The van der Waals surface area contributed by atoms with Gasteiger partial charge < -0.3 is 14.9 Å². The van der Waals surface area contributed by atoms with Gasteiger partial charge in [0.2, 0.25) is 0 Å². The first-order valence-electron chi connectivity index (χ1n) is 5.58. The number of rotatable bonds is 8. The van der Waals surface area contributed by atoms with E-state index in [9.17, 15) is 9.59 Å². The minimum atomic E-state index is -1.18. The fraction of sp³-hybridized carbons (Fsp3) is 0.667. The summed E-state index contributed by atoms with van der Waals surface area (Å²) in [6.07, 6.45) is 2.02. The number of hydrogen-bond donors (Lipinski definition) is 2. The summed E-state index contributed by atoms with van der Waals surface area (Å²) in [4.78, 5) is 22.1. The van der Waals surface area contributed by atoms with E-state index in [-0.39, 0.29) is 11.7 Å². The van der Waals surface area contributed by atoms with Crippen LogP contribution in [0.4, 0.5) is 0 Å². The Hall–Kier alpha value is -1.36. The lowest BCUT2D eigenvalue weighted by Gasteiger charge is -2.14. The summed E-state index contributed by atoms with van der Waals surface area (Å²) in [6.45, 7) is 5.08. The van der Waals surface area contributed by atoms with E-state index < -0.39 is 17.9 Å². The predicted octanol–water partition coefficient (Wildman–Crippen LogP) is 1.36. The third kappa shape index (κ3) is 6.06. The molecule has 0 aromatic heterocycles. The first-order valence-corrected chi connectivity index (χ1v) is 5.58. The molecule has 5 nitrogen and oxygen atoms in total. The highest BCUT2D eigenvalue weighted by molar-refractivity contribution is 5.93. The number of hydrogen-bond acceptors (Lipinski definition) is 4. The van der Waals surface area contributed by atoms with Crippen molar-refractivity contribution < 1.29 is 24.5 Å². The molecule has 98 valence electrons. The molecular weight excluding hydrogens is 224 g/mol. The Bertz CT molecular complexity index is 283. The van der Waals surface area contributed by atoms with Crippen LogP contribution < -0.4 is 0 Å². The zero-order valence-corrected chi connectivity index (χ0v) is 10.3. The average Bonchev–Trinajstić information content (AvgIpc) is 2.27. The molecule has 0 aliphatic heterocycles. The van der Waals surface area contributed by atoms with Crippen LogP contribution in [0.2, 0.25) is 0 Å². The minimum Gasteiger partial charge on any atom is -0.478 e. The van der Waals surface area contributed by atoms with Crippen LogP contribution in [0.5, 0.6) is 0 Å². The summed E-state index contributed by atoms with van der Waals surface area (Å²) < 4.78 is 4.55. The molecule has 0 spiro atoms. The predicted molar refractivity (Wildman–Crippen MR) is 62.4 cm³/mol. The van der Waals surface area contributed by atoms with Crippen LogP contribution in [-0.2, 0) is 14.3 Å². The Morgan fingerprint density at radius 3 is 2.24 bits per heavy atom. The molecule has 0 aliphatic carbocycles. The van der Waals surface area contributed by atoms with Crippen molar-refractivity contribution in [2.75, 3.05) is 7.11 Å². The number of ether oxygens (including phenoxy) is 1. The minimum absolute atomic E-state index is 0.145. The van der Waals surface area contributed by atoms with E-state index >= 15 is 0 Å².